The first-order chi connectivity index (χ1) is 15.9. The van der Waals surface area contributed by atoms with Gasteiger partial charge < -0.3 is 4.74 Å². The fourth-order valence-corrected chi connectivity index (χ4v) is 4.03. The summed E-state index contributed by atoms with van der Waals surface area (Å²) in [5.41, 5.74) is 2.91. The molecule has 1 saturated heterocycles. The highest BCUT2D eigenvalue weighted by Crippen LogP contribution is 2.26. The number of rotatable bonds is 8. The minimum atomic E-state index is 0. The molecule has 2 aromatic heterocycles. The summed E-state index contributed by atoms with van der Waals surface area (Å²) in [6.45, 7) is 9.78. The zero-order chi connectivity index (χ0) is 23.4. The van der Waals surface area contributed by atoms with Gasteiger partial charge in [-0.2, -0.15) is 5.10 Å². The van der Waals surface area contributed by atoms with Crippen LogP contribution in [-0.4, -0.2) is 51.8 Å². The average molecular weight is 541 g/mol. The van der Waals surface area contributed by atoms with Gasteiger partial charge in [0.15, 0.2) is 5.82 Å². The maximum Gasteiger partial charge on any atom is 0.242 e. The fourth-order valence-electron chi connectivity index (χ4n) is 3.83. The lowest BCUT2D eigenvalue weighted by molar-refractivity contribution is -0.121. The monoisotopic (exact) mass is 539 g/mol. The molecule has 0 aliphatic carbocycles. The van der Waals surface area contributed by atoms with Gasteiger partial charge in [0.2, 0.25) is 5.91 Å². The number of carbonyl (C=O) groups excluding carboxylic acids is 1. The molecule has 1 aromatic carbocycles. The van der Waals surface area contributed by atoms with E-state index >= 15 is 0 Å². The summed E-state index contributed by atoms with van der Waals surface area (Å²) >= 11 is 6.26. The summed E-state index contributed by atoms with van der Waals surface area (Å²) in [5.74, 6) is 1.96. The number of carbonyl (C=O) groups is 1. The molecule has 35 heavy (non-hydrogen) atoms. The van der Waals surface area contributed by atoms with E-state index in [1.165, 1.54) is 0 Å². The van der Waals surface area contributed by atoms with E-state index in [-0.39, 0.29) is 30.7 Å². The van der Waals surface area contributed by atoms with Crippen LogP contribution >= 0.6 is 36.4 Å². The summed E-state index contributed by atoms with van der Waals surface area (Å²) in [6.07, 6.45) is 1.78. The second-order valence-corrected chi connectivity index (χ2v) is 9.27. The van der Waals surface area contributed by atoms with Gasteiger partial charge in [-0.05, 0) is 43.2 Å². The van der Waals surface area contributed by atoms with Crippen molar-refractivity contribution in [2.24, 2.45) is 5.92 Å². The van der Waals surface area contributed by atoms with Gasteiger partial charge in [0.1, 0.15) is 5.75 Å². The Labute approximate surface area is 224 Å². The first kappa shape index (κ1) is 28.9. The Morgan fingerprint density at radius 1 is 1.09 bits per heavy atom. The topological polar surface area (TPSA) is 63.5 Å². The maximum absolute atomic E-state index is 12.9. The molecule has 3 heterocycles. The lowest BCUT2D eigenvalue weighted by Gasteiger charge is -2.32. The number of pyridine rings is 1. The van der Waals surface area contributed by atoms with Gasteiger partial charge in [0.05, 0.1) is 25.4 Å². The fraction of sp³-hybridized carbons (Fsp3) is 0.400. The Kier molecular flexibility index (Phi) is 10.8. The van der Waals surface area contributed by atoms with E-state index in [1.54, 1.807) is 11.1 Å². The molecule has 0 atom stereocenters. The quantitative estimate of drug-likeness (QED) is 0.402. The van der Waals surface area contributed by atoms with Gasteiger partial charge in [0.25, 0.3) is 0 Å². The molecule has 4 rings (SSSR count). The van der Waals surface area contributed by atoms with Gasteiger partial charge in [-0.3, -0.25) is 24.3 Å². The highest BCUT2D eigenvalue weighted by molar-refractivity contribution is 6.30. The number of piperazine rings is 1. The van der Waals surface area contributed by atoms with Gasteiger partial charge in [-0.25, -0.2) is 0 Å². The number of aryl methyl sites for hydroxylation is 1. The second kappa shape index (κ2) is 13.1. The van der Waals surface area contributed by atoms with Crippen LogP contribution in [0.1, 0.15) is 30.8 Å². The Morgan fingerprint density at radius 3 is 2.57 bits per heavy atom. The number of benzene rings is 1. The number of ether oxygens (including phenoxy) is 1. The van der Waals surface area contributed by atoms with Crippen molar-refractivity contribution in [1.82, 2.24) is 19.7 Å². The lowest BCUT2D eigenvalue weighted by atomic mass is 10.2. The van der Waals surface area contributed by atoms with Gasteiger partial charge >= 0.3 is 0 Å². The zero-order valence-electron chi connectivity index (χ0n) is 20.2. The van der Waals surface area contributed by atoms with Crippen LogP contribution in [0, 0.1) is 12.8 Å². The summed E-state index contributed by atoms with van der Waals surface area (Å²) in [7, 11) is 0. The Morgan fingerprint density at radius 2 is 1.89 bits per heavy atom. The standard InChI is InChI=1S/C25H30ClN5O2.2ClH/c1-18(2)17-33-23-8-7-21(26)13-20(23)14-31-19(3)12-24(28-31)30-11-10-29(16-25(30)32)15-22-6-4-5-9-27-22;;/h4-9,12-13,18H,10-11,14-17H2,1-3H3;2*1H. The third-order valence-corrected chi connectivity index (χ3v) is 5.81. The highest BCUT2D eigenvalue weighted by Gasteiger charge is 2.27. The van der Waals surface area contributed by atoms with Crippen molar-refractivity contribution < 1.29 is 9.53 Å². The smallest absolute Gasteiger partial charge is 0.242 e. The minimum Gasteiger partial charge on any atom is -0.493 e. The van der Waals surface area contributed by atoms with Crippen molar-refractivity contribution in [1.29, 1.82) is 0 Å². The van der Waals surface area contributed by atoms with E-state index in [4.69, 9.17) is 21.4 Å². The van der Waals surface area contributed by atoms with E-state index in [1.807, 2.05) is 54.1 Å². The van der Waals surface area contributed by atoms with Gasteiger partial charge in [-0.15, -0.1) is 24.8 Å². The molecule has 1 aliphatic rings. The molecular formula is C25H32Cl3N5O2. The maximum atomic E-state index is 12.9. The van der Waals surface area contributed by atoms with Crippen LogP contribution in [0.15, 0.2) is 48.7 Å². The van der Waals surface area contributed by atoms with Crippen molar-refractivity contribution in [3.63, 3.8) is 0 Å². The van der Waals surface area contributed by atoms with Crippen molar-refractivity contribution in [2.45, 2.75) is 33.9 Å². The molecule has 0 unspecified atom stereocenters. The summed E-state index contributed by atoms with van der Waals surface area (Å²) in [6, 6.07) is 13.5. The van der Waals surface area contributed by atoms with Crippen molar-refractivity contribution >= 4 is 48.1 Å². The molecule has 0 spiro atoms. The molecule has 0 saturated carbocycles. The van der Waals surface area contributed by atoms with Crippen LogP contribution in [-0.2, 0) is 17.9 Å². The van der Waals surface area contributed by atoms with Crippen LogP contribution in [0.2, 0.25) is 5.02 Å². The summed E-state index contributed by atoms with van der Waals surface area (Å²) in [5, 5.41) is 5.40. The predicted octanol–water partition coefficient (Wildman–Crippen LogP) is 5.02. The van der Waals surface area contributed by atoms with Crippen LogP contribution in [0.5, 0.6) is 5.75 Å². The number of nitrogens with zero attached hydrogens (tertiary/aromatic N) is 5. The molecule has 10 heteroatoms. The predicted molar refractivity (Wildman–Crippen MR) is 144 cm³/mol. The number of aromatic nitrogens is 3. The number of anilines is 1. The summed E-state index contributed by atoms with van der Waals surface area (Å²) in [4.78, 5) is 21.2. The first-order valence-corrected chi connectivity index (χ1v) is 11.6. The highest BCUT2D eigenvalue weighted by atomic mass is 35.5. The molecule has 7 nitrogen and oxygen atoms in total. The van der Waals surface area contributed by atoms with Crippen molar-refractivity contribution in [3.05, 3.63) is 70.6 Å². The minimum absolute atomic E-state index is 0. The molecule has 1 amide bonds. The Bertz CT molecular complexity index is 1110. The molecule has 3 aromatic rings. The Hall–Kier alpha value is -2.32. The number of hydrogen-bond donors (Lipinski definition) is 0. The SMILES string of the molecule is Cc1cc(N2CCN(Cc3ccccn3)CC2=O)nn1Cc1cc(Cl)ccc1OCC(C)C.Cl.Cl. The molecule has 1 fully saturated rings. The molecule has 0 N–H and O–H groups in total. The van der Waals surface area contributed by atoms with Crippen LogP contribution in [0.25, 0.3) is 0 Å². The largest absolute Gasteiger partial charge is 0.493 e. The molecule has 0 bridgehead atoms. The van der Waals surface area contributed by atoms with E-state index in [2.05, 4.69) is 23.7 Å². The van der Waals surface area contributed by atoms with E-state index in [0.717, 1.165) is 29.2 Å². The third kappa shape index (κ3) is 7.58. The van der Waals surface area contributed by atoms with E-state index in [0.29, 0.717) is 49.5 Å². The van der Waals surface area contributed by atoms with Gasteiger partial charge in [-0.1, -0.05) is 31.5 Å². The second-order valence-electron chi connectivity index (χ2n) is 8.84. The number of amides is 1. The first-order valence-electron chi connectivity index (χ1n) is 11.3. The summed E-state index contributed by atoms with van der Waals surface area (Å²) < 4.78 is 7.89. The van der Waals surface area contributed by atoms with Crippen molar-refractivity contribution in [3.8, 4) is 5.75 Å². The van der Waals surface area contributed by atoms with Crippen LogP contribution in [0.4, 0.5) is 5.82 Å². The zero-order valence-corrected chi connectivity index (χ0v) is 22.6. The average Bonchev–Trinajstić information content (AvgIpc) is 3.13. The van der Waals surface area contributed by atoms with Crippen LogP contribution in [0.3, 0.4) is 0 Å². The van der Waals surface area contributed by atoms with E-state index < -0.39 is 0 Å². The normalized spacial score (nSPS) is 14.0. The molecule has 1 aliphatic heterocycles. The number of hydrogen-bond acceptors (Lipinski definition) is 5. The van der Waals surface area contributed by atoms with Crippen molar-refractivity contribution in [2.75, 3.05) is 31.1 Å². The van der Waals surface area contributed by atoms with E-state index in [9.17, 15) is 4.79 Å². The third-order valence-electron chi connectivity index (χ3n) is 5.57. The number of halogens is 3. The molecule has 190 valence electrons. The lowest BCUT2D eigenvalue weighted by Crippen LogP contribution is -2.50. The Balaban J connectivity index is 0.00000216. The molecular weight excluding hydrogens is 509 g/mol. The van der Waals surface area contributed by atoms with Crippen LogP contribution < -0.4 is 9.64 Å². The van der Waals surface area contributed by atoms with Gasteiger partial charge in [0, 0.05) is 48.2 Å². The molecule has 0 radical (unpaired) electrons.